The summed E-state index contributed by atoms with van der Waals surface area (Å²) in [6.07, 6.45) is 1.52. The van der Waals surface area contributed by atoms with Crippen molar-refractivity contribution < 1.29 is 18.0 Å². The first-order chi connectivity index (χ1) is 17.1. The fourth-order valence-electron chi connectivity index (χ4n) is 3.45. The molecule has 6 nitrogen and oxygen atoms in total. The molecule has 0 saturated heterocycles. The van der Waals surface area contributed by atoms with E-state index in [9.17, 15) is 13.6 Å². The van der Waals surface area contributed by atoms with Crippen LogP contribution in [-0.4, -0.2) is 20.7 Å². The third-order valence-electron chi connectivity index (χ3n) is 5.13. The smallest absolute Gasteiger partial charge is 0.255 e. The van der Waals surface area contributed by atoms with Gasteiger partial charge in [-0.15, -0.1) is 10.2 Å². The van der Waals surface area contributed by atoms with Gasteiger partial charge in [-0.1, -0.05) is 42.1 Å². The number of carbonyl (C=O) groups excluding carboxylic acids is 1. The zero-order valence-corrected chi connectivity index (χ0v) is 19.0. The first-order valence-corrected chi connectivity index (χ1v) is 11.6. The largest absolute Gasteiger partial charge is 0.461 e. The second-order valence-corrected chi connectivity index (χ2v) is 8.46. The van der Waals surface area contributed by atoms with Crippen molar-refractivity contribution in [3.8, 4) is 17.3 Å². The van der Waals surface area contributed by atoms with Gasteiger partial charge in [0, 0.05) is 17.0 Å². The number of thioether (sulfide) groups is 1. The number of nitrogens with one attached hydrogen (secondary N) is 1. The van der Waals surface area contributed by atoms with Crippen LogP contribution in [0.25, 0.3) is 17.3 Å². The van der Waals surface area contributed by atoms with Gasteiger partial charge >= 0.3 is 0 Å². The number of rotatable bonds is 7. The predicted molar refractivity (Wildman–Crippen MR) is 129 cm³/mol. The minimum Gasteiger partial charge on any atom is -0.461 e. The van der Waals surface area contributed by atoms with E-state index in [4.69, 9.17) is 4.42 Å². The van der Waals surface area contributed by atoms with Gasteiger partial charge in [0.2, 0.25) is 5.82 Å². The van der Waals surface area contributed by atoms with E-state index >= 15 is 0 Å². The Bertz CT molecular complexity index is 1470. The molecule has 3 aromatic carbocycles. The Labute approximate surface area is 203 Å². The number of benzene rings is 3. The van der Waals surface area contributed by atoms with Crippen molar-refractivity contribution in [1.82, 2.24) is 14.8 Å². The highest BCUT2D eigenvalue weighted by atomic mass is 32.2. The number of halogens is 2. The Hall–Kier alpha value is -4.24. The molecule has 0 saturated carbocycles. The molecule has 0 spiro atoms. The van der Waals surface area contributed by atoms with Gasteiger partial charge in [0.15, 0.2) is 10.9 Å². The second-order valence-electron chi connectivity index (χ2n) is 7.52. The van der Waals surface area contributed by atoms with Crippen LogP contribution in [0.2, 0.25) is 0 Å². The normalized spacial score (nSPS) is 10.9. The molecular weight excluding hydrogens is 470 g/mol. The summed E-state index contributed by atoms with van der Waals surface area (Å²) >= 11 is 1.38. The van der Waals surface area contributed by atoms with Gasteiger partial charge in [0.1, 0.15) is 11.6 Å². The molecule has 0 aliphatic heterocycles. The number of hydrogen-bond acceptors (Lipinski definition) is 5. The lowest BCUT2D eigenvalue weighted by Crippen LogP contribution is -2.11. The SMILES string of the molecule is O=C(Nc1cccc(F)c1)c1ccc(CSc2nnc(-c3ccco3)n2-c2ccccc2F)cc1. The maximum Gasteiger partial charge on any atom is 0.255 e. The number of hydrogen-bond donors (Lipinski definition) is 1. The highest BCUT2D eigenvalue weighted by molar-refractivity contribution is 7.98. The number of amides is 1. The van der Waals surface area contributed by atoms with Gasteiger partial charge in [0.05, 0.1) is 12.0 Å². The van der Waals surface area contributed by atoms with Crippen LogP contribution in [0, 0.1) is 11.6 Å². The van der Waals surface area contributed by atoms with Crippen LogP contribution in [0.4, 0.5) is 14.5 Å². The minimum absolute atomic E-state index is 0.316. The molecule has 0 bridgehead atoms. The maximum absolute atomic E-state index is 14.6. The Kier molecular flexibility index (Phi) is 6.40. The molecule has 1 N–H and O–H groups in total. The quantitative estimate of drug-likeness (QED) is 0.270. The highest BCUT2D eigenvalue weighted by Crippen LogP contribution is 2.31. The van der Waals surface area contributed by atoms with Crippen LogP contribution < -0.4 is 5.32 Å². The van der Waals surface area contributed by atoms with Crippen molar-refractivity contribution in [3.05, 3.63) is 114 Å². The molecule has 9 heteroatoms. The molecular formula is C26H18F2N4O2S. The molecule has 0 aliphatic carbocycles. The fraction of sp³-hybridized carbons (Fsp3) is 0.0385. The third-order valence-corrected chi connectivity index (χ3v) is 6.13. The minimum atomic E-state index is -0.423. The van der Waals surface area contributed by atoms with Crippen LogP contribution in [0.15, 0.2) is 101 Å². The first kappa shape index (κ1) is 22.5. The standard InChI is InChI=1S/C26H18F2N4O2S/c27-19-5-3-6-20(15-19)29-25(33)18-12-10-17(11-13-18)16-35-26-31-30-24(23-9-4-14-34-23)32(26)22-8-2-1-7-21(22)28/h1-15H,16H2,(H,29,33). The number of nitrogens with zero attached hydrogens (tertiary/aromatic N) is 3. The van der Waals surface area contributed by atoms with Gasteiger partial charge < -0.3 is 9.73 Å². The van der Waals surface area contributed by atoms with Gasteiger partial charge in [-0.2, -0.15) is 0 Å². The molecule has 2 aromatic heterocycles. The van der Waals surface area contributed by atoms with Gasteiger partial charge in [-0.3, -0.25) is 9.36 Å². The molecule has 0 atom stereocenters. The van der Waals surface area contributed by atoms with Crippen molar-refractivity contribution in [3.63, 3.8) is 0 Å². The third kappa shape index (κ3) is 4.99. The summed E-state index contributed by atoms with van der Waals surface area (Å²) in [6, 6.07) is 22.6. The molecule has 1 amide bonds. The van der Waals surface area contributed by atoms with Crippen LogP contribution in [0.1, 0.15) is 15.9 Å². The summed E-state index contributed by atoms with van der Waals surface area (Å²) in [5.74, 6) is 0.214. The van der Waals surface area contributed by atoms with Gasteiger partial charge in [-0.25, -0.2) is 8.78 Å². The van der Waals surface area contributed by atoms with Crippen molar-refractivity contribution >= 4 is 23.4 Å². The maximum atomic E-state index is 14.6. The monoisotopic (exact) mass is 488 g/mol. The summed E-state index contributed by atoms with van der Waals surface area (Å²) in [4.78, 5) is 12.5. The number of aromatic nitrogens is 3. The van der Waals surface area contributed by atoms with Crippen LogP contribution in [0.3, 0.4) is 0 Å². The van der Waals surface area contributed by atoms with Crippen molar-refractivity contribution in [1.29, 1.82) is 0 Å². The molecule has 0 fully saturated rings. The lowest BCUT2D eigenvalue weighted by Gasteiger charge is -2.10. The van der Waals surface area contributed by atoms with E-state index < -0.39 is 11.6 Å². The molecule has 0 radical (unpaired) electrons. The summed E-state index contributed by atoms with van der Waals surface area (Å²) in [6.45, 7) is 0. The first-order valence-electron chi connectivity index (χ1n) is 10.6. The molecule has 174 valence electrons. The number of carbonyl (C=O) groups is 1. The van der Waals surface area contributed by atoms with Crippen LogP contribution in [-0.2, 0) is 5.75 Å². The van der Waals surface area contributed by atoms with E-state index in [0.717, 1.165) is 5.56 Å². The molecule has 0 unspecified atom stereocenters. The Morgan fingerprint density at radius 1 is 0.943 bits per heavy atom. The highest BCUT2D eigenvalue weighted by Gasteiger charge is 2.20. The molecule has 35 heavy (non-hydrogen) atoms. The van der Waals surface area contributed by atoms with E-state index in [1.807, 2.05) is 12.1 Å². The van der Waals surface area contributed by atoms with Gasteiger partial charge in [0.25, 0.3) is 5.91 Å². The van der Waals surface area contributed by atoms with Crippen molar-refractivity contribution in [2.45, 2.75) is 10.9 Å². The average molecular weight is 489 g/mol. The molecule has 2 heterocycles. The van der Waals surface area contributed by atoms with E-state index in [1.54, 1.807) is 53.1 Å². The number of furan rings is 1. The fourth-order valence-corrected chi connectivity index (χ4v) is 4.35. The molecule has 0 aliphatic rings. The zero-order valence-electron chi connectivity index (χ0n) is 18.2. The molecule has 5 aromatic rings. The Morgan fingerprint density at radius 3 is 2.51 bits per heavy atom. The van der Waals surface area contributed by atoms with E-state index in [1.165, 1.54) is 42.3 Å². The zero-order chi connectivity index (χ0) is 24.2. The van der Waals surface area contributed by atoms with Crippen LogP contribution in [0.5, 0.6) is 0 Å². The van der Waals surface area contributed by atoms with Crippen LogP contribution >= 0.6 is 11.8 Å². The topological polar surface area (TPSA) is 73.0 Å². The van der Waals surface area contributed by atoms with Gasteiger partial charge in [-0.05, 0) is 60.2 Å². The lowest BCUT2D eigenvalue weighted by molar-refractivity contribution is 0.102. The van der Waals surface area contributed by atoms with Crippen molar-refractivity contribution in [2.75, 3.05) is 5.32 Å². The summed E-state index contributed by atoms with van der Waals surface area (Å²) in [5, 5.41) is 11.7. The Balaban J connectivity index is 1.33. The van der Waals surface area contributed by atoms with E-state index in [-0.39, 0.29) is 5.91 Å². The number of anilines is 1. The van der Waals surface area contributed by atoms with Crippen molar-refractivity contribution in [2.24, 2.45) is 0 Å². The summed E-state index contributed by atoms with van der Waals surface area (Å²) < 4.78 is 35.1. The Morgan fingerprint density at radius 2 is 1.77 bits per heavy atom. The summed E-state index contributed by atoms with van der Waals surface area (Å²) in [7, 11) is 0. The summed E-state index contributed by atoms with van der Waals surface area (Å²) in [5.41, 5.74) is 2.07. The predicted octanol–water partition coefficient (Wildman–Crippen LogP) is 6.35. The second kappa shape index (κ2) is 9.94. The van der Waals surface area contributed by atoms with E-state index in [0.29, 0.717) is 39.4 Å². The van der Waals surface area contributed by atoms with E-state index in [2.05, 4.69) is 15.5 Å². The number of para-hydroxylation sites is 1. The average Bonchev–Trinajstić information content (AvgIpc) is 3.53. The molecule has 5 rings (SSSR count). The lowest BCUT2D eigenvalue weighted by atomic mass is 10.1.